The van der Waals surface area contributed by atoms with Gasteiger partial charge in [0.25, 0.3) is 11.8 Å². The second kappa shape index (κ2) is 8.01. The molecule has 0 bridgehead atoms. The van der Waals surface area contributed by atoms with Crippen LogP contribution < -0.4 is 15.8 Å². The molecule has 0 saturated heterocycles. The van der Waals surface area contributed by atoms with E-state index >= 15 is 0 Å². The number of amides is 1. The van der Waals surface area contributed by atoms with Crippen molar-refractivity contribution in [3.8, 4) is 5.75 Å². The van der Waals surface area contributed by atoms with Crippen LogP contribution in [0.3, 0.4) is 0 Å². The first kappa shape index (κ1) is 18.6. The average Bonchev–Trinajstić information content (AvgIpc) is 2.38. The summed E-state index contributed by atoms with van der Waals surface area (Å²) in [7, 11) is 0. The van der Waals surface area contributed by atoms with Gasteiger partial charge in [-0.25, -0.2) is 8.78 Å². The van der Waals surface area contributed by atoms with Gasteiger partial charge in [0, 0.05) is 0 Å². The van der Waals surface area contributed by atoms with Gasteiger partial charge in [-0.2, -0.15) is 0 Å². The summed E-state index contributed by atoms with van der Waals surface area (Å²) < 4.78 is 31.1. The fraction of sp³-hybridized carbons (Fsp3) is 0.462. The Morgan fingerprint density at radius 2 is 1.95 bits per heavy atom. The molecular formula is C13H19ClF2N2O2. The van der Waals surface area contributed by atoms with E-state index in [1.54, 1.807) is 12.1 Å². The highest BCUT2D eigenvalue weighted by Gasteiger charge is 2.28. The first-order valence-electron chi connectivity index (χ1n) is 5.93. The van der Waals surface area contributed by atoms with E-state index in [4.69, 9.17) is 10.5 Å². The van der Waals surface area contributed by atoms with Crippen LogP contribution in [0.25, 0.3) is 0 Å². The van der Waals surface area contributed by atoms with Gasteiger partial charge in [0.2, 0.25) is 0 Å². The Bertz CT molecular complexity index is 427. The average molecular weight is 309 g/mol. The molecule has 1 aromatic rings. The molecule has 0 saturated carbocycles. The van der Waals surface area contributed by atoms with Crippen molar-refractivity contribution in [1.82, 2.24) is 5.32 Å². The molecule has 1 unspecified atom stereocenters. The van der Waals surface area contributed by atoms with Gasteiger partial charge in [-0.1, -0.05) is 17.7 Å². The number of alkyl halides is 2. The molecule has 0 radical (unpaired) electrons. The number of ether oxygens (including phenoxy) is 1. The number of carbonyl (C=O) groups excluding carboxylic acids is 1. The van der Waals surface area contributed by atoms with Crippen LogP contribution in [-0.2, 0) is 4.79 Å². The molecule has 0 heterocycles. The van der Waals surface area contributed by atoms with E-state index in [9.17, 15) is 13.6 Å². The highest BCUT2D eigenvalue weighted by molar-refractivity contribution is 5.85. The van der Waals surface area contributed by atoms with Gasteiger partial charge in [0.1, 0.15) is 5.75 Å². The van der Waals surface area contributed by atoms with Gasteiger partial charge < -0.3 is 15.8 Å². The standard InChI is InChI=1S/C13H18F2N2O2.ClH/c1-9-3-5-11(6-4-9)19-10(2)12(18)17-8-13(14,15)7-16;/h3-6,10H,7-8,16H2,1-2H3,(H,17,18);1H. The molecule has 3 N–H and O–H groups in total. The molecule has 1 atom stereocenters. The number of hydrogen-bond acceptors (Lipinski definition) is 3. The van der Waals surface area contributed by atoms with Gasteiger partial charge in [0.05, 0.1) is 13.1 Å². The Morgan fingerprint density at radius 3 is 2.45 bits per heavy atom. The summed E-state index contributed by atoms with van der Waals surface area (Å²) in [6, 6.07) is 7.10. The Morgan fingerprint density at radius 1 is 1.40 bits per heavy atom. The van der Waals surface area contributed by atoms with Gasteiger partial charge in [-0.05, 0) is 26.0 Å². The van der Waals surface area contributed by atoms with Crippen molar-refractivity contribution in [2.75, 3.05) is 13.1 Å². The normalized spacial score (nSPS) is 12.2. The molecule has 0 fully saturated rings. The Kier molecular flexibility index (Phi) is 7.45. The summed E-state index contributed by atoms with van der Waals surface area (Å²) >= 11 is 0. The lowest BCUT2D eigenvalue weighted by Crippen LogP contribution is -2.45. The first-order valence-corrected chi connectivity index (χ1v) is 5.93. The van der Waals surface area contributed by atoms with E-state index in [1.807, 2.05) is 19.1 Å². The number of rotatable bonds is 6. The van der Waals surface area contributed by atoms with Crippen molar-refractivity contribution in [3.63, 3.8) is 0 Å². The molecule has 1 amide bonds. The highest BCUT2D eigenvalue weighted by atomic mass is 35.5. The summed E-state index contributed by atoms with van der Waals surface area (Å²) in [6.45, 7) is 1.83. The van der Waals surface area contributed by atoms with Crippen LogP contribution in [-0.4, -0.2) is 31.0 Å². The van der Waals surface area contributed by atoms with Crippen LogP contribution in [0.15, 0.2) is 24.3 Å². The molecular weight excluding hydrogens is 290 g/mol. The molecule has 0 aliphatic carbocycles. The third-order valence-electron chi connectivity index (χ3n) is 2.52. The SMILES string of the molecule is Cc1ccc(OC(C)C(=O)NCC(F)(F)CN)cc1.Cl. The van der Waals surface area contributed by atoms with Crippen molar-refractivity contribution in [2.45, 2.75) is 25.9 Å². The molecule has 4 nitrogen and oxygen atoms in total. The maximum absolute atomic E-state index is 12.9. The van der Waals surface area contributed by atoms with Crippen LogP contribution in [0, 0.1) is 6.92 Å². The number of aryl methyl sites for hydroxylation is 1. The topological polar surface area (TPSA) is 64.3 Å². The van der Waals surface area contributed by atoms with E-state index in [0.29, 0.717) is 5.75 Å². The summed E-state index contributed by atoms with van der Waals surface area (Å²) in [5.41, 5.74) is 5.94. The van der Waals surface area contributed by atoms with Crippen molar-refractivity contribution in [1.29, 1.82) is 0 Å². The van der Waals surface area contributed by atoms with Crippen molar-refractivity contribution in [2.24, 2.45) is 5.73 Å². The Balaban J connectivity index is 0.00000361. The third kappa shape index (κ3) is 6.16. The lowest BCUT2D eigenvalue weighted by Gasteiger charge is -2.18. The zero-order valence-corrected chi connectivity index (χ0v) is 12.2. The minimum Gasteiger partial charge on any atom is -0.481 e. The fourth-order valence-electron chi connectivity index (χ4n) is 1.31. The molecule has 0 spiro atoms. The number of nitrogens with one attached hydrogen (secondary N) is 1. The molecule has 0 aliphatic heterocycles. The van der Waals surface area contributed by atoms with Crippen molar-refractivity contribution < 1.29 is 18.3 Å². The van der Waals surface area contributed by atoms with Crippen molar-refractivity contribution >= 4 is 18.3 Å². The molecule has 114 valence electrons. The maximum atomic E-state index is 12.9. The number of nitrogens with two attached hydrogens (primary N) is 1. The zero-order chi connectivity index (χ0) is 14.5. The summed E-state index contributed by atoms with van der Waals surface area (Å²) in [5, 5.41) is 2.11. The third-order valence-corrected chi connectivity index (χ3v) is 2.52. The summed E-state index contributed by atoms with van der Waals surface area (Å²) in [6.07, 6.45) is -0.851. The van der Waals surface area contributed by atoms with E-state index in [0.717, 1.165) is 5.56 Å². The molecule has 7 heteroatoms. The van der Waals surface area contributed by atoms with Crippen LogP contribution in [0.5, 0.6) is 5.75 Å². The maximum Gasteiger partial charge on any atom is 0.277 e. The monoisotopic (exact) mass is 308 g/mol. The number of carbonyl (C=O) groups is 1. The Labute approximate surface area is 123 Å². The van der Waals surface area contributed by atoms with Crippen LogP contribution >= 0.6 is 12.4 Å². The molecule has 0 aromatic heterocycles. The van der Waals surface area contributed by atoms with Crippen LogP contribution in [0.1, 0.15) is 12.5 Å². The van der Waals surface area contributed by atoms with Crippen molar-refractivity contribution in [3.05, 3.63) is 29.8 Å². The number of hydrogen-bond donors (Lipinski definition) is 2. The van der Waals surface area contributed by atoms with Gasteiger partial charge in [0.15, 0.2) is 6.10 Å². The molecule has 1 rings (SSSR count). The quantitative estimate of drug-likeness (QED) is 0.843. The van der Waals surface area contributed by atoms with Crippen LogP contribution in [0.4, 0.5) is 8.78 Å². The van der Waals surface area contributed by atoms with Crippen LogP contribution in [0.2, 0.25) is 0 Å². The Hall–Kier alpha value is -1.40. The predicted molar refractivity (Wildman–Crippen MR) is 75.5 cm³/mol. The van der Waals surface area contributed by atoms with Gasteiger partial charge in [-0.3, -0.25) is 4.79 Å². The van der Waals surface area contributed by atoms with E-state index in [1.165, 1.54) is 6.92 Å². The lowest BCUT2D eigenvalue weighted by atomic mass is 10.2. The van der Waals surface area contributed by atoms with E-state index in [2.05, 4.69) is 5.32 Å². The first-order chi connectivity index (χ1) is 8.84. The number of halogens is 3. The van der Waals surface area contributed by atoms with Gasteiger partial charge >= 0.3 is 0 Å². The van der Waals surface area contributed by atoms with E-state index in [-0.39, 0.29) is 12.4 Å². The fourth-order valence-corrected chi connectivity index (χ4v) is 1.31. The highest BCUT2D eigenvalue weighted by Crippen LogP contribution is 2.14. The largest absolute Gasteiger partial charge is 0.481 e. The smallest absolute Gasteiger partial charge is 0.277 e. The summed E-state index contributed by atoms with van der Waals surface area (Å²) in [5.74, 6) is -3.19. The molecule has 20 heavy (non-hydrogen) atoms. The minimum atomic E-state index is -3.10. The van der Waals surface area contributed by atoms with Gasteiger partial charge in [-0.15, -0.1) is 12.4 Å². The molecule has 1 aromatic carbocycles. The lowest BCUT2D eigenvalue weighted by molar-refractivity contribution is -0.129. The second-order valence-electron chi connectivity index (χ2n) is 4.35. The minimum absolute atomic E-state index is 0. The zero-order valence-electron chi connectivity index (χ0n) is 11.4. The van der Waals surface area contributed by atoms with E-state index < -0.39 is 31.0 Å². The molecule has 0 aliphatic rings. The second-order valence-corrected chi connectivity index (χ2v) is 4.35. The number of benzene rings is 1. The summed E-state index contributed by atoms with van der Waals surface area (Å²) in [4.78, 5) is 11.6. The predicted octanol–water partition coefficient (Wildman–Crippen LogP) is 1.89.